The number of rotatable bonds is 6. The van der Waals surface area contributed by atoms with E-state index in [0.29, 0.717) is 6.54 Å². The summed E-state index contributed by atoms with van der Waals surface area (Å²) in [5.74, 6) is -0.112. The van der Waals surface area contributed by atoms with Gasteiger partial charge in [-0.15, -0.1) is 12.4 Å². The summed E-state index contributed by atoms with van der Waals surface area (Å²) in [6.07, 6.45) is -1.21. The Morgan fingerprint density at radius 1 is 1.45 bits per heavy atom. The molecule has 3 N–H and O–H groups in total. The lowest BCUT2D eigenvalue weighted by molar-refractivity contribution is -0.116. The van der Waals surface area contributed by atoms with Gasteiger partial charge in [-0.05, 0) is 12.8 Å². The highest BCUT2D eigenvalue weighted by Gasteiger charge is 2.20. The topological polar surface area (TPSA) is 72.9 Å². The summed E-state index contributed by atoms with van der Waals surface area (Å²) in [4.78, 5) is 11.6. The summed E-state index contributed by atoms with van der Waals surface area (Å²) in [6, 6.07) is -0.319. The van der Waals surface area contributed by atoms with Crippen LogP contribution in [-0.4, -0.2) is 21.7 Å². The van der Waals surface area contributed by atoms with Gasteiger partial charge in [0.2, 0.25) is 5.91 Å². The van der Waals surface area contributed by atoms with Gasteiger partial charge in [-0.2, -0.15) is 5.10 Å². The molecule has 0 fully saturated rings. The van der Waals surface area contributed by atoms with E-state index in [2.05, 4.69) is 10.4 Å². The number of carbonyl (C=O) groups excluding carboxylic acids is 1. The lowest BCUT2D eigenvalue weighted by Crippen LogP contribution is -2.24. The van der Waals surface area contributed by atoms with Crippen molar-refractivity contribution in [3.63, 3.8) is 0 Å². The van der Waals surface area contributed by atoms with Crippen LogP contribution in [0.25, 0.3) is 0 Å². The van der Waals surface area contributed by atoms with Gasteiger partial charge in [0.15, 0.2) is 5.69 Å². The van der Waals surface area contributed by atoms with Gasteiger partial charge in [0.05, 0.1) is 5.69 Å². The molecule has 1 heterocycles. The van der Waals surface area contributed by atoms with Crippen LogP contribution in [0.2, 0.25) is 0 Å². The first kappa shape index (κ1) is 18.8. The third kappa shape index (κ3) is 5.83. The lowest BCUT2D eigenvalue weighted by Gasteiger charge is -2.06. The second-order valence-electron chi connectivity index (χ2n) is 5.07. The Labute approximate surface area is 123 Å². The van der Waals surface area contributed by atoms with E-state index in [-0.39, 0.29) is 42.4 Å². The molecule has 1 unspecified atom stereocenters. The van der Waals surface area contributed by atoms with Gasteiger partial charge in [0.1, 0.15) is 0 Å². The highest BCUT2D eigenvalue weighted by Crippen LogP contribution is 2.26. The molecule has 1 aromatic heterocycles. The number of hydrogen-bond acceptors (Lipinski definition) is 3. The van der Waals surface area contributed by atoms with E-state index in [1.165, 1.54) is 10.9 Å². The van der Waals surface area contributed by atoms with Gasteiger partial charge in [-0.25, -0.2) is 8.78 Å². The van der Waals surface area contributed by atoms with E-state index in [9.17, 15) is 13.6 Å². The van der Waals surface area contributed by atoms with E-state index in [0.717, 1.165) is 0 Å². The molecule has 1 atom stereocenters. The molecule has 0 saturated carbocycles. The molecule has 0 bridgehead atoms. The molecule has 0 spiro atoms. The molecule has 1 amide bonds. The number of nitrogens with one attached hydrogen (secondary N) is 1. The van der Waals surface area contributed by atoms with Crippen molar-refractivity contribution in [2.24, 2.45) is 11.7 Å². The Kier molecular flexibility index (Phi) is 7.67. The maximum Gasteiger partial charge on any atom is 0.284 e. The zero-order chi connectivity index (χ0) is 14.6. The van der Waals surface area contributed by atoms with Gasteiger partial charge in [0.25, 0.3) is 6.43 Å². The summed E-state index contributed by atoms with van der Waals surface area (Å²) in [6.45, 7) is 6.11. The van der Waals surface area contributed by atoms with Crippen LogP contribution < -0.4 is 11.1 Å². The fourth-order valence-corrected chi connectivity index (χ4v) is 1.66. The smallest absolute Gasteiger partial charge is 0.284 e. The number of anilines is 1. The molecule has 1 aromatic rings. The van der Waals surface area contributed by atoms with Crippen molar-refractivity contribution >= 4 is 24.0 Å². The van der Waals surface area contributed by atoms with Crippen molar-refractivity contribution in [1.82, 2.24) is 9.78 Å². The Balaban J connectivity index is 0.00000361. The zero-order valence-corrected chi connectivity index (χ0v) is 12.6. The van der Waals surface area contributed by atoms with Crippen LogP contribution in [0, 0.1) is 5.92 Å². The number of hydrogen-bond donors (Lipinski definition) is 2. The average Bonchev–Trinajstić information content (AvgIpc) is 2.58. The number of aromatic nitrogens is 2. The first-order valence-electron chi connectivity index (χ1n) is 6.20. The predicted molar refractivity (Wildman–Crippen MR) is 76.2 cm³/mol. The molecular formula is C12H21ClF2N4O. The third-order valence-electron chi connectivity index (χ3n) is 2.33. The zero-order valence-electron chi connectivity index (χ0n) is 11.8. The largest absolute Gasteiger partial charge is 0.327 e. The summed E-state index contributed by atoms with van der Waals surface area (Å²) in [7, 11) is 0. The van der Waals surface area contributed by atoms with Crippen LogP contribution in [0.5, 0.6) is 0 Å². The Morgan fingerprint density at radius 3 is 2.50 bits per heavy atom. The summed E-state index contributed by atoms with van der Waals surface area (Å²) in [5, 5.41) is 6.24. The Bertz CT molecular complexity index is 435. The van der Waals surface area contributed by atoms with E-state index < -0.39 is 12.1 Å². The number of nitrogens with two attached hydrogens (primary N) is 1. The minimum Gasteiger partial charge on any atom is -0.327 e. The number of alkyl halides is 2. The first-order valence-corrected chi connectivity index (χ1v) is 6.20. The van der Waals surface area contributed by atoms with Crippen LogP contribution in [0.3, 0.4) is 0 Å². The maximum atomic E-state index is 12.8. The summed E-state index contributed by atoms with van der Waals surface area (Å²) >= 11 is 0. The molecule has 5 nitrogen and oxygen atoms in total. The SMILES string of the molecule is CC(C)Cn1cc(NC(=O)CC(C)N)c(C(F)F)n1.Cl. The fraction of sp³-hybridized carbons (Fsp3) is 0.667. The van der Waals surface area contributed by atoms with E-state index in [1.807, 2.05) is 13.8 Å². The van der Waals surface area contributed by atoms with Gasteiger partial charge in [0, 0.05) is 25.2 Å². The number of amides is 1. The second kappa shape index (κ2) is 8.16. The van der Waals surface area contributed by atoms with Crippen molar-refractivity contribution in [2.75, 3.05) is 5.32 Å². The highest BCUT2D eigenvalue weighted by atomic mass is 35.5. The summed E-state index contributed by atoms with van der Waals surface area (Å²) < 4.78 is 27.1. The van der Waals surface area contributed by atoms with Crippen molar-refractivity contribution in [1.29, 1.82) is 0 Å². The lowest BCUT2D eigenvalue weighted by atomic mass is 10.2. The standard InChI is InChI=1S/C12H20F2N4O.ClH/c1-7(2)5-18-6-9(11(17-18)12(13)14)16-10(19)4-8(3)15;/h6-8,12H,4-5,15H2,1-3H3,(H,16,19);1H. The second-order valence-corrected chi connectivity index (χ2v) is 5.07. The summed E-state index contributed by atoms with van der Waals surface area (Å²) in [5.41, 5.74) is 5.14. The molecule has 0 aliphatic heterocycles. The van der Waals surface area contributed by atoms with Gasteiger partial charge in [-0.1, -0.05) is 13.8 Å². The van der Waals surface area contributed by atoms with Crippen molar-refractivity contribution in [3.8, 4) is 0 Å². The Hall–Kier alpha value is -1.21. The minimum absolute atomic E-state index is 0. The van der Waals surface area contributed by atoms with Crippen LogP contribution in [-0.2, 0) is 11.3 Å². The van der Waals surface area contributed by atoms with Crippen LogP contribution >= 0.6 is 12.4 Å². The quantitative estimate of drug-likeness (QED) is 0.848. The van der Waals surface area contributed by atoms with Gasteiger partial charge >= 0.3 is 0 Å². The van der Waals surface area contributed by atoms with Crippen LogP contribution in [0.4, 0.5) is 14.5 Å². The Morgan fingerprint density at radius 2 is 2.05 bits per heavy atom. The van der Waals surface area contributed by atoms with Crippen molar-refractivity contribution < 1.29 is 13.6 Å². The van der Waals surface area contributed by atoms with Gasteiger partial charge in [-0.3, -0.25) is 9.48 Å². The highest BCUT2D eigenvalue weighted by molar-refractivity contribution is 5.91. The molecule has 0 aromatic carbocycles. The number of halogens is 3. The number of nitrogens with zero attached hydrogens (tertiary/aromatic N) is 2. The van der Waals surface area contributed by atoms with E-state index in [1.54, 1.807) is 6.92 Å². The van der Waals surface area contributed by atoms with E-state index in [4.69, 9.17) is 5.73 Å². The third-order valence-corrected chi connectivity index (χ3v) is 2.33. The van der Waals surface area contributed by atoms with Crippen LogP contribution in [0.1, 0.15) is 39.3 Å². The monoisotopic (exact) mass is 310 g/mol. The fourth-order valence-electron chi connectivity index (χ4n) is 1.66. The maximum absolute atomic E-state index is 12.8. The van der Waals surface area contributed by atoms with Gasteiger partial charge < -0.3 is 11.1 Å². The van der Waals surface area contributed by atoms with Crippen molar-refractivity contribution in [2.45, 2.75) is 46.2 Å². The normalized spacial score (nSPS) is 12.4. The molecule has 20 heavy (non-hydrogen) atoms. The van der Waals surface area contributed by atoms with E-state index >= 15 is 0 Å². The molecule has 0 aliphatic carbocycles. The molecule has 0 saturated heterocycles. The predicted octanol–water partition coefficient (Wildman–Crippen LogP) is 2.57. The molecular weight excluding hydrogens is 290 g/mol. The van der Waals surface area contributed by atoms with Crippen molar-refractivity contribution in [3.05, 3.63) is 11.9 Å². The number of carbonyl (C=O) groups is 1. The molecule has 0 aliphatic rings. The molecule has 0 radical (unpaired) electrons. The van der Waals surface area contributed by atoms with Crippen LogP contribution in [0.15, 0.2) is 6.20 Å². The molecule has 1 rings (SSSR count). The first-order chi connectivity index (χ1) is 8.79. The average molecular weight is 311 g/mol. The molecule has 116 valence electrons. The molecule has 8 heteroatoms. The minimum atomic E-state index is -2.72.